The molecule has 0 saturated carbocycles. The van der Waals surface area contributed by atoms with Gasteiger partial charge in [0.05, 0.1) is 6.04 Å². The van der Waals surface area contributed by atoms with E-state index in [4.69, 9.17) is 5.73 Å². The fourth-order valence-corrected chi connectivity index (χ4v) is 2.89. The van der Waals surface area contributed by atoms with Crippen molar-refractivity contribution >= 4 is 5.91 Å². The summed E-state index contributed by atoms with van der Waals surface area (Å²) in [7, 11) is 0. The van der Waals surface area contributed by atoms with Crippen LogP contribution in [-0.4, -0.2) is 22.4 Å². The van der Waals surface area contributed by atoms with Gasteiger partial charge in [0, 0.05) is 18.0 Å². The van der Waals surface area contributed by atoms with E-state index in [0.717, 1.165) is 5.56 Å². The molecular formula is C16H24N2O. The highest BCUT2D eigenvalue weighted by Crippen LogP contribution is 2.37. The lowest BCUT2D eigenvalue weighted by molar-refractivity contribution is -0.133. The molecule has 2 unspecified atom stereocenters. The smallest absolute Gasteiger partial charge is 0.225 e. The Morgan fingerprint density at radius 2 is 1.84 bits per heavy atom. The lowest BCUT2D eigenvalue weighted by atomic mass is 9.94. The standard InChI is InChI=1S/C16H24N2O/c1-10-6-7-12(8-11(10)2)15-13(17)9-14(19)18(15)16(3,4)5/h6-8,13,15H,9,17H2,1-5H3. The zero-order valence-corrected chi connectivity index (χ0v) is 12.5. The van der Waals surface area contributed by atoms with Gasteiger partial charge >= 0.3 is 0 Å². The Kier molecular flexibility index (Phi) is 3.43. The molecule has 19 heavy (non-hydrogen) atoms. The summed E-state index contributed by atoms with van der Waals surface area (Å²) < 4.78 is 0. The molecule has 1 aromatic carbocycles. The minimum Gasteiger partial charge on any atom is -0.329 e. The van der Waals surface area contributed by atoms with Crippen LogP contribution in [0.1, 0.15) is 49.9 Å². The number of rotatable bonds is 1. The largest absolute Gasteiger partial charge is 0.329 e. The highest BCUT2D eigenvalue weighted by Gasteiger charge is 2.43. The Balaban J connectivity index is 2.45. The zero-order chi connectivity index (χ0) is 14.4. The van der Waals surface area contributed by atoms with Crippen molar-refractivity contribution in [1.82, 2.24) is 4.90 Å². The molecule has 104 valence electrons. The molecule has 2 N–H and O–H groups in total. The molecule has 0 radical (unpaired) electrons. The maximum Gasteiger partial charge on any atom is 0.225 e. The van der Waals surface area contributed by atoms with Crippen molar-refractivity contribution in [2.45, 2.75) is 58.7 Å². The van der Waals surface area contributed by atoms with Gasteiger partial charge in [0.1, 0.15) is 0 Å². The van der Waals surface area contributed by atoms with E-state index in [2.05, 4.69) is 52.8 Å². The minimum atomic E-state index is -0.200. The van der Waals surface area contributed by atoms with Crippen LogP contribution in [0.25, 0.3) is 0 Å². The molecule has 0 aliphatic carbocycles. The molecule has 1 aliphatic heterocycles. The summed E-state index contributed by atoms with van der Waals surface area (Å²) in [6.45, 7) is 10.4. The third-order valence-electron chi connectivity index (χ3n) is 3.96. The molecular weight excluding hydrogens is 236 g/mol. The van der Waals surface area contributed by atoms with Gasteiger partial charge in [-0.15, -0.1) is 0 Å². The van der Waals surface area contributed by atoms with Crippen LogP contribution in [0.4, 0.5) is 0 Å². The van der Waals surface area contributed by atoms with Gasteiger partial charge in [-0.1, -0.05) is 18.2 Å². The van der Waals surface area contributed by atoms with Crippen molar-refractivity contribution in [2.24, 2.45) is 5.73 Å². The number of likely N-dealkylation sites (tertiary alicyclic amines) is 1. The van der Waals surface area contributed by atoms with Gasteiger partial charge in [-0.2, -0.15) is 0 Å². The first-order valence-electron chi connectivity index (χ1n) is 6.86. The second-order valence-electron chi connectivity index (χ2n) is 6.59. The topological polar surface area (TPSA) is 46.3 Å². The molecule has 1 aliphatic rings. The first kappa shape index (κ1) is 14.1. The van der Waals surface area contributed by atoms with Gasteiger partial charge in [-0.25, -0.2) is 0 Å². The predicted octanol–water partition coefficient (Wildman–Crippen LogP) is 2.70. The molecule has 0 spiro atoms. The average Bonchev–Trinajstić information content (AvgIpc) is 2.57. The number of aryl methyl sites for hydroxylation is 2. The summed E-state index contributed by atoms with van der Waals surface area (Å²) in [5.74, 6) is 0.156. The van der Waals surface area contributed by atoms with Crippen LogP contribution in [-0.2, 0) is 4.79 Å². The van der Waals surface area contributed by atoms with Crippen LogP contribution in [0.15, 0.2) is 18.2 Å². The van der Waals surface area contributed by atoms with Crippen molar-refractivity contribution < 1.29 is 4.79 Å². The van der Waals surface area contributed by atoms with Crippen LogP contribution >= 0.6 is 0 Å². The number of hydrogen-bond acceptors (Lipinski definition) is 2. The fourth-order valence-electron chi connectivity index (χ4n) is 2.89. The van der Waals surface area contributed by atoms with Gasteiger partial charge in [0.2, 0.25) is 5.91 Å². The van der Waals surface area contributed by atoms with Gasteiger partial charge in [-0.05, 0) is 51.3 Å². The number of benzene rings is 1. The van der Waals surface area contributed by atoms with Crippen LogP contribution < -0.4 is 5.73 Å². The second-order valence-corrected chi connectivity index (χ2v) is 6.59. The van der Waals surface area contributed by atoms with Crippen LogP contribution in [0.2, 0.25) is 0 Å². The third-order valence-corrected chi connectivity index (χ3v) is 3.96. The predicted molar refractivity (Wildman–Crippen MR) is 77.8 cm³/mol. The Labute approximate surface area is 115 Å². The summed E-state index contributed by atoms with van der Waals surface area (Å²) in [5.41, 5.74) is 9.68. The van der Waals surface area contributed by atoms with Crippen molar-refractivity contribution in [3.05, 3.63) is 34.9 Å². The molecule has 1 saturated heterocycles. The molecule has 3 heteroatoms. The summed E-state index contributed by atoms with van der Waals surface area (Å²) in [6.07, 6.45) is 0.439. The molecule has 2 rings (SSSR count). The number of amides is 1. The average molecular weight is 260 g/mol. The maximum atomic E-state index is 12.2. The van der Waals surface area contributed by atoms with E-state index in [1.807, 2.05) is 4.90 Å². The molecule has 3 nitrogen and oxygen atoms in total. The monoisotopic (exact) mass is 260 g/mol. The van der Waals surface area contributed by atoms with Crippen LogP contribution in [0.5, 0.6) is 0 Å². The highest BCUT2D eigenvalue weighted by molar-refractivity contribution is 5.81. The normalized spacial score (nSPS) is 24.1. The van der Waals surface area contributed by atoms with Crippen molar-refractivity contribution in [2.75, 3.05) is 0 Å². The number of nitrogens with two attached hydrogens (primary N) is 1. The third kappa shape index (κ3) is 2.52. The zero-order valence-electron chi connectivity index (χ0n) is 12.5. The van der Waals surface area contributed by atoms with E-state index in [1.54, 1.807) is 0 Å². The summed E-state index contributed by atoms with van der Waals surface area (Å²) in [6, 6.07) is 6.25. The van der Waals surface area contributed by atoms with Gasteiger partial charge < -0.3 is 10.6 Å². The fraction of sp³-hybridized carbons (Fsp3) is 0.562. The van der Waals surface area contributed by atoms with Crippen molar-refractivity contribution in [1.29, 1.82) is 0 Å². The van der Waals surface area contributed by atoms with Gasteiger partial charge in [0.15, 0.2) is 0 Å². The molecule has 1 heterocycles. The number of nitrogens with zero attached hydrogens (tertiary/aromatic N) is 1. The Morgan fingerprint density at radius 3 is 2.37 bits per heavy atom. The lowest BCUT2D eigenvalue weighted by Gasteiger charge is -2.38. The van der Waals surface area contributed by atoms with Crippen LogP contribution in [0.3, 0.4) is 0 Å². The number of hydrogen-bond donors (Lipinski definition) is 1. The van der Waals surface area contributed by atoms with E-state index in [-0.39, 0.29) is 23.5 Å². The Hall–Kier alpha value is -1.35. The van der Waals surface area contributed by atoms with E-state index in [0.29, 0.717) is 6.42 Å². The number of carbonyl (C=O) groups is 1. The summed E-state index contributed by atoms with van der Waals surface area (Å²) in [5, 5.41) is 0. The van der Waals surface area contributed by atoms with E-state index < -0.39 is 0 Å². The van der Waals surface area contributed by atoms with Crippen molar-refractivity contribution in [3.8, 4) is 0 Å². The maximum absolute atomic E-state index is 12.2. The van der Waals surface area contributed by atoms with E-state index >= 15 is 0 Å². The minimum absolute atomic E-state index is 0.00759. The van der Waals surface area contributed by atoms with Gasteiger partial charge in [0.25, 0.3) is 0 Å². The summed E-state index contributed by atoms with van der Waals surface area (Å²) in [4.78, 5) is 14.2. The van der Waals surface area contributed by atoms with E-state index in [9.17, 15) is 4.79 Å². The van der Waals surface area contributed by atoms with E-state index in [1.165, 1.54) is 11.1 Å². The molecule has 1 aromatic rings. The summed E-state index contributed by atoms with van der Waals surface area (Å²) >= 11 is 0. The SMILES string of the molecule is Cc1ccc(C2C(N)CC(=O)N2C(C)(C)C)cc1C. The first-order chi connectivity index (χ1) is 8.71. The highest BCUT2D eigenvalue weighted by atomic mass is 16.2. The number of carbonyl (C=O) groups excluding carboxylic acids is 1. The second kappa shape index (κ2) is 4.64. The first-order valence-corrected chi connectivity index (χ1v) is 6.86. The molecule has 0 bridgehead atoms. The molecule has 0 aromatic heterocycles. The Bertz CT molecular complexity index is 502. The van der Waals surface area contributed by atoms with Crippen molar-refractivity contribution in [3.63, 3.8) is 0 Å². The Morgan fingerprint density at radius 1 is 1.21 bits per heavy atom. The molecule has 1 fully saturated rings. The molecule has 2 atom stereocenters. The molecule has 1 amide bonds. The van der Waals surface area contributed by atoms with Gasteiger partial charge in [-0.3, -0.25) is 4.79 Å². The lowest BCUT2D eigenvalue weighted by Crippen LogP contribution is -2.45. The van der Waals surface area contributed by atoms with Crippen LogP contribution in [0, 0.1) is 13.8 Å². The quantitative estimate of drug-likeness (QED) is 0.844.